The van der Waals surface area contributed by atoms with Crippen molar-refractivity contribution >= 4 is 17.2 Å². The quantitative estimate of drug-likeness (QED) is 0.806. The zero-order valence-electron chi connectivity index (χ0n) is 9.80. The van der Waals surface area contributed by atoms with Crippen LogP contribution in [-0.2, 0) is 6.54 Å². The molecule has 92 valence electrons. The van der Waals surface area contributed by atoms with Gasteiger partial charge in [-0.2, -0.15) is 0 Å². The van der Waals surface area contributed by atoms with E-state index >= 15 is 0 Å². The fraction of sp³-hybridized carbons (Fsp3) is 0.462. The van der Waals surface area contributed by atoms with E-state index in [9.17, 15) is 5.11 Å². The first-order valence-electron chi connectivity index (χ1n) is 5.98. The molecule has 0 aromatic heterocycles. The van der Waals surface area contributed by atoms with E-state index in [0.717, 1.165) is 19.5 Å². The SMILES string of the molecule is NC(=S)C1CCCCN1Cc1ccc(O)cc1. The molecule has 0 saturated carbocycles. The summed E-state index contributed by atoms with van der Waals surface area (Å²) in [5.41, 5.74) is 6.97. The predicted octanol–water partition coefficient (Wildman–Crippen LogP) is 2.03. The van der Waals surface area contributed by atoms with Crippen LogP contribution in [0, 0.1) is 0 Å². The highest BCUT2D eigenvalue weighted by atomic mass is 32.1. The van der Waals surface area contributed by atoms with E-state index < -0.39 is 0 Å². The van der Waals surface area contributed by atoms with Crippen LogP contribution in [-0.4, -0.2) is 27.6 Å². The van der Waals surface area contributed by atoms with Crippen molar-refractivity contribution in [2.75, 3.05) is 6.54 Å². The Kier molecular flexibility index (Phi) is 3.97. The third-order valence-electron chi connectivity index (χ3n) is 3.26. The van der Waals surface area contributed by atoms with Crippen molar-refractivity contribution in [3.8, 4) is 5.75 Å². The summed E-state index contributed by atoms with van der Waals surface area (Å²) in [5, 5.41) is 9.25. The topological polar surface area (TPSA) is 49.5 Å². The molecule has 1 aromatic carbocycles. The molecule has 1 atom stereocenters. The highest BCUT2D eigenvalue weighted by molar-refractivity contribution is 7.80. The van der Waals surface area contributed by atoms with Crippen LogP contribution < -0.4 is 5.73 Å². The first-order chi connectivity index (χ1) is 8.16. The molecule has 1 heterocycles. The number of benzene rings is 1. The van der Waals surface area contributed by atoms with Crippen LogP contribution >= 0.6 is 12.2 Å². The van der Waals surface area contributed by atoms with Crippen LogP contribution in [0.25, 0.3) is 0 Å². The maximum atomic E-state index is 9.25. The summed E-state index contributed by atoms with van der Waals surface area (Å²) in [6.45, 7) is 1.89. The molecule has 1 aromatic rings. The van der Waals surface area contributed by atoms with E-state index in [0.29, 0.717) is 10.7 Å². The molecule has 0 radical (unpaired) electrons. The average molecular weight is 250 g/mol. The average Bonchev–Trinajstić information content (AvgIpc) is 2.32. The van der Waals surface area contributed by atoms with Crippen molar-refractivity contribution in [1.29, 1.82) is 0 Å². The second-order valence-corrected chi connectivity index (χ2v) is 5.02. The number of aromatic hydroxyl groups is 1. The van der Waals surface area contributed by atoms with Crippen molar-refractivity contribution in [2.24, 2.45) is 5.73 Å². The number of nitrogens with two attached hydrogens (primary N) is 1. The molecule has 0 aliphatic carbocycles. The maximum Gasteiger partial charge on any atom is 0.115 e. The van der Waals surface area contributed by atoms with Crippen molar-refractivity contribution < 1.29 is 5.11 Å². The Balaban J connectivity index is 2.05. The van der Waals surface area contributed by atoms with E-state index in [-0.39, 0.29) is 6.04 Å². The van der Waals surface area contributed by atoms with Gasteiger partial charge in [-0.3, -0.25) is 4.90 Å². The molecule has 3 N–H and O–H groups in total. The van der Waals surface area contributed by atoms with Crippen LogP contribution in [0.4, 0.5) is 0 Å². The molecule has 2 rings (SSSR count). The minimum absolute atomic E-state index is 0.229. The highest BCUT2D eigenvalue weighted by Crippen LogP contribution is 2.20. The number of rotatable bonds is 3. The van der Waals surface area contributed by atoms with Crippen LogP contribution in [0.15, 0.2) is 24.3 Å². The van der Waals surface area contributed by atoms with Gasteiger partial charge in [0.25, 0.3) is 0 Å². The zero-order chi connectivity index (χ0) is 12.3. The highest BCUT2D eigenvalue weighted by Gasteiger charge is 2.24. The molecule has 0 amide bonds. The fourth-order valence-corrected chi connectivity index (χ4v) is 2.61. The first-order valence-corrected chi connectivity index (χ1v) is 6.39. The van der Waals surface area contributed by atoms with E-state index in [1.807, 2.05) is 12.1 Å². The minimum atomic E-state index is 0.229. The fourth-order valence-electron chi connectivity index (χ4n) is 2.34. The smallest absolute Gasteiger partial charge is 0.115 e. The van der Waals surface area contributed by atoms with Gasteiger partial charge < -0.3 is 10.8 Å². The molecule has 0 bridgehead atoms. The summed E-state index contributed by atoms with van der Waals surface area (Å²) in [4.78, 5) is 2.93. The lowest BCUT2D eigenvalue weighted by molar-refractivity contribution is 0.184. The van der Waals surface area contributed by atoms with Crippen molar-refractivity contribution in [3.05, 3.63) is 29.8 Å². The summed E-state index contributed by atoms with van der Waals surface area (Å²) in [5.74, 6) is 0.304. The van der Waals surface area contributed by atoms with Gasteiger partial charge in [-0.1, -0.05) is 30.8 Å². The van der Waals surface area contributed by atoms with E-state index in [2.05, 4.69) is 4.90 Å². The van der Waals surface area contributed by atoms with Crippen LogP contribution in [0.5, 0.6) is 5.75 Å². The van der Waals surface area contributed by atoms with Gasteiger partial charge in [0.05, 0.1) is 11.0 Å². The van der Waals surface area contributed by atoms with Gasteiger partial charge in [0.15, 0.2) is 0 Å². The molecule has 1 saturated heterocycles. The number of thiocarbonyl (C=S) groups is 1. The molecule has 0 spiro atoms. The molecule has 17 heavy (non-hydrogen) atoms. The Labute approximate surface area is 107 Å². The third-order valence-corrected chi connectivity index (χ3v) is 3.54. The summed E-state index contributed by atoms with van der Waals surface area (Å²) in [7, 11) is 0. The molecular weight excluding hydrogens is 232 g/mol. The molecular formula is C13H18N2OS. The van der Waals surface area contributed by atoms with Gasteiger partial charge in [-0.15, -0.1) is 0 Å². The van der Waals surface area contributed by atoms with E-state index in [4.69, 9.17) is 18.0 Å². The number of phenolic OH excluding ortho intramolecular Hbond substituents is 1. The second kappa shape index (κ2) is 5.47. The molecule has 1 fully saturated rings. The lowest BCUT2D eigenvalue weighted by Crippen LogP contribution is -2.46. The van der Waals surface area contributed by atoms with Crippen molar-refractivity contribution in [1.82, 2.24) is 4.90 Å². The molecule has 4 heteroatoms. The monoisotopic (exact) mass is 250 g/mol. The van der Waals surface area contributed by atoms with Gasteiger partial charge in [0.2, 0.25) is 0 Å². The zero-order valence-corrected chi connectivity index (χ0v) is 10.6. The van der Waals surface area contributed by atoms with E-state index in [1.165, 1.54) is 18.4 Å². The van der Waals surface area contributed by atoms with Crippen molar-refractivity contribution in [3.63, 3.8) is 0 Å². The number of nitrogens with zero attached hydrogens (tertiary/aromatic N) is 1. The largest absolute Gasteiger partial charge is 0.508 e. The maximum absolute atomic E-state index is 9.25. The van der Waals surface area contributed by atoms with Crippen LogP contribution in [0.3, 0.4) is 0 Å². The number of piperidine rings is 1. The minimum Gasteiger partial charge on any atom is -0.508 e. The number of phenols is 1. The van der Waals surface area contributed by atoms with Crippen molar-refractivity contribution in [2.45, 2.75) is 31.8 Å². The summed E-state index contributed by atoms with van der Waals surface area (Å²) >= 11 is 5.13. The third kappa shape index (κ3) is 3.17. The number of hydrogen-bond donors (Lipinski definition) is 2. The molecule has 1 aliphatic heterocycles. The van der Waals surface area contributed by atoms with Crippen LogP contribution in [0.1, 0.15) is 24.8 Å². The van der Waals surface area contributed by atoms with Gasteiger partial charge in [-0.05, 0) is 37.1 Å². The van der Waals surface area contributed by atoms with Crippen LogP contribution in [0.2, 0.25) is 0 Å². The van der Waals surface area contributed by atoms with Gasteiger partial charge in [0.1, 0.15) is 5.75 Å². The first kappa shape index (κ1) is 12.3. The summed E-state index contributed by atoms with van der Waals surface area (Å²) in [6.07, 6.45) is 3.47. The Morgan fingerprint density at radius 1 is 1.35 bits per heavy atom. The molecule has 1 unspecified atom stereocenters. The molecule has 3 nitrogen and oxygen atoms in total. The standard InChI is InChI=1S/C13H18N2OS/c14-13(17)12-3-1-2-8-15(12)9-10-4-6-11(16)7-5-10/h4-7,12,16H,1-3,8-9H2,(H2,14,17). The summed E-state index contributed by atoms with van der Waals surface area (Å²) in [6, 6.07) is 7.55. The lowest BCUT2D eigenvalue weighted by atomic mass is 10.0. The molecule has 1 aliphatic rings. The number of likely N-dealkylation sites (tertiary alicyclic amines) is 1. The van der Waals surface area contributed by atoms with Gasteiger partial charge in [0, 0.05) is 6.54 Å². The Hall–Kier alpha value is -1.13. The Morgan fingerprint density at radius 2 is 2.06 bits per heavy atom. The predicted molar refractivity (Wildman–Crippen MR) is 72.9 cm³/mol. The van der Waals surface area contributed by atoms with Gasteiger partial charge >= 0.3 is 0 Å². The van der Waals surface area contributed by atoms with E-state index in [1.54, 1.807) is 12.1 Å². The Bertz CT molecular complexity index is 391. The second-order valence-electron chi connectivity index (χ2n) is 4.55. The number of hydrogen-bond acceptors (Lipinski definition) is 3. The Morgan fingerprint density at radius 3 is 2.71 bits per heavy atom. The lowest BCUT2D eigenvalue weighted by Gasteiger charge is -2.35. The summed E-state index contributed by atoms with van der Waals surface area (Å²) < 4.78 is 0. The normalized spacial score (nSPS) is 21.3. The van der Waals surface area contributed by atoms with Gasteiger partial charge in [-0.25, -0.2) is 0 Å².